The Morgan fingerprint density at radius 3 is 2.45 bits per heavy atom. The molecule has 0 saturated heterocycles. The van der Waals surface area contributed by atoms with Crippen molar-refractivity contribution in [3.8, 4) is 0 Å². The molecule has 0 radical (unpaired) electrons. The van der Waals surface area contributed by atoms with Crippen LogP contribution in [0, 0.1) is 17.0 Å². The third-order valence-corrected chi connectivity index (χ3v) is 4.26. The molecule has 1 amide bonds. The number of amides is 1. The molecule has 0 unspecified atom stereocenters. The first-order valence-electron chi connectivity index (χ1n) is 6.09. The highest BCUT2D eigenvalue weighted by atomic mass is 35.5. The number of hydrogen-bond donors (Lipinski definition) is 1. The molecule has 5 nitrogen and oxygen atoms in total. The standard InChI is InChI=1S/C13H16Cl2N2O3/c1-3-13(7-14,8-15)16-12(18)10-6-4-5-9(2)11(10)17(19)20/h4-6H,3,7-8H2,1-2H3,(H,16,18). The van der Waals surface area contributed by atoms with Crippen molar-refractivity contribution in [3.05, 3.63) is 39.4 Å². The number of nitro benzene ring substituents is 1. The number of carbonyl (C=O) groups is 1. The van der Waals surface area contributed by atoms with Gasteiger partial charge in [0.2, 0.25) is 0 Å². The van der Waals surface area contributed by atoms with E-state index < -0.39 is 16.4 Å². The van der Waals surface area contributed by atoms with Gasteiger partial charge in [-0.25, -0.2) is 0 Å². The zero-order valence-electron chi connectivity index (χ0n) is 11.3. The number of aryl methyl sites for hydroxylation is 1. The van der Waals surface area contributed by atoms with Crippen molar-refractivity contribution >= 4 is 34.8 Å². The topological polar surface area (TPSA) is 72.2 Å². The van der Waals surface area contributed by atoms with Crippen LogP contribution in [-0.2, 0) is 0 Å². The third kappa shape index (κ3) is 3.41. The maximum atomic E-state index is 12.3. The van der Waals surface area contributed by atoms with Gasteiger partial charge in [-0.2, -0.15) is 0 Å². The fraction of sp³-hybridized carbons (Fsp3) is 0.462. The summed E-state index contributed by atoms with van der Waals surface area (Å²) in [5.41, 5.74) is -0.513. The van der Waals surface area contributed by atoms with E-state index in [0.717, 1.165) is 0 Å². The predicted molar refractivity (Wildman–Crippen MR) is 79.8 cm³/mol. The zero-order valence-corrected chi connectivity index (χ0v) is 12.8. The summed E-state index contributed by atoms with van der Waals surface area (Å²) in [6, 6.07) is 4.61. The van der Waals surface area contributed by atoms with Gasteiger partial charge in [0.1, 0.15) is 5.56 Å². The second-order valence-electron chi connectivity index (χ2n) is 4.58. The molecule has 0 aromatic heterocycles. The molecule has 1 aromatic carbocycles. The monoisotopic (exact) mass is 318 g/mol. The van der Waals surface area contributed by atoms with Crippen LogP contribution in [0.15, 0.2) is 18.2 Å². The zero-order chi connectivity index (χ0) is 15.3. The van der Waals surface area contributed by atoms with Crippen LogP contribution >= 0.6 is 23.2 Å². The summed E-state index contributed by atoms with van der Waals surface area (Å²) in [7, 11) is 0. The predicted octanol–water partition coefficient (Wildman–Crippen LogP) is 3.26. The van der Waals surface area contributed by atoms with Crippen molar-refractivity contribution in [2.75, 3.05) is 11.8 Å². The molecule has 0 spiro atoms. The molecule has 0 heterocycles. The average molecular weight is 319 g/mol. The van der Waals surface area contributed by atoms with E-state index in [4.69, 9.17) is 23.2 Å². The maximum Gasteiger partial charge on any atom is 0.285 e. The smallest absolute Gasteiger partial charge is 0.285 e. The molecule has 20 heavy (non-hydrogen) atoms. The summed E-state index contributed by atoms with van der Waals surface area (Å²) in [5, 5.41) is 13.8. The van der Waals surface area contributed by atoms with E-state index in [1.165, 1.54) is 6.07 Å². The lowest BCUT2D eigenvalue weighted by Crippen LogP contribution is -2.51. The minimum Gasteiger partial charge on any atom is -0.344 e. The number of benzene rings is 1. The number of para-hydroxylation sites is 1. The Kier molecular flexibility index (Phi) is 5.77. The minimum absolute atomic E-state index is 0.0167. The fourth-order valence-corrected chi connectivity index (χ4v) is 2.57. The van der Waals surface area contributed by atoms with Gasteiger partial charge >= 0.3 is 0 Å². The molecule has 7 heteroatoms. The Balaban J connectivity index is 3.16. The summed E-state index contributed by atoms with van der Waals surface area (Å²) >= 11 is 11.7. The van der Waals surface area contributed by atoms with Crippen molar-refractivity contribution in [3.63, 3.8) is 0 Å². The van der Waals surface area contributed by atoms with Gasteiger partial charge in [0.15, 0.2) is 0 Å². The first kappa shape index (κ1) is 16.7. The molecular weight excluding hydrogens is 303 g/mol. The first-order chi connectivity index (χ1) is 9.40. The van der Waals surface area contributed by atoms with Crippen LogP contribution in [-0.4, -0.2) is 28.1 Å². The Morgan fingerprint density at radius 2 is 2.00 bits per heavy atom. The molecule has 0 saturated carbocycles. The molecule has 1 aromatic rings. The Labute approximate surface area is 127 Å². The summed E-state index contributed by atoms with van der Waals surface area (Å²) in [5.74, 6) is -0.264. The molecule has 0 aliphatic heterocycles. The fourth-order valence-electron chi connectivity index (χ4n) is 1.77. The van der Waals surface area contributed by atoms with Crippen LogP contribution in [0.4, 0.5) is 5.69 Å². The van der Waals surface area contributed by atoms with Gasteiger partial charge in [-0.05, 0) is 19.4 Å². The number of nitrogens with one attached hydrogen (secondary N) is 1. The van der Waals surface area contributed by atoms with Crippen molar-refractivity contribution in [1.29, 1.82) is 0 Å². The van der Waals surface area contributed by atoms with Gasteiger partial charge in [0.25, 0.3) is 11.6 Å². The van der Waals surface area contributed by atoms with Crippen molar-refractivity contribution in [2.45, 2.75) is 25.8 Å². The highest BCUT2D eigenvalue weighted by molar-refractivity contribution is 6.22. The summed E-state index contributed by atoms with van der Waals surface area (Å²) in [4.78, 5) is 22.8. The van der Waals surface area contributed by atoms with Crippen LogP contribution in [0.2, 0.25) is 0 Å². The quantitative estimate of drug-likeness (QED) is 0.497. The number of nitrogens with zero attached hydrogens (tertiary/aromatic N) is 1. The lowest BCUT2D eigenvalue weighted by Gasteiger charge is -2.29. The van der Waals surface area contributed by atoms with E-state index in [1.54, 1.807) is 19.1 Å². The Hall–Kier alpha value is -1.33. The molecule has 1 rings (SSSR count). The summed E-state index contributed by atoms with van der Waals surface area (Å²) in [6.07, 6.45) is 0.533. The van der Waals surface area contributed by atoms with Crippen LogP contribution in [0.5, 0.6) is 0 Å². The van der Waals surface area contributed by atoms with E-state index in [0.29, 0.717) is 12.0 Å². The number of alkyl halides is 2. The Morgan fingerprint density at radius 1 is 1.40 bits per heavy atom. The number of hydrogen-bond acceptors (Lipinski definition) is 3. The molecule has 0 aliphatic rings. The molecule has 0 bridgehead atoms. The van der Waals surface area contributed by atoms with Gasteiger partial charge in [-0.3, -0.25) is 14.9 Å². The molecular formula is C13H16Cl2N2O3. The van der Waals surface area contributed by atoms with Crippen LogP contribution in [0.3, 0.4) is 0 Å². The lowest BCUT2D eigenvalue weighted by molar-refractivity contribution is -0.385. The molecule has 0 fully saturated rings. The number of nitro groups is 1. The van der Waals surface area contributed by atoms with Gasteiger partial charge in [0.05, 0.1) is 10.5 Å². The van der Waals surface area contributed by atoms with Crippen molar-refractivity contribution < 1.29 is 9.72 Å². The van der Waals surface area contributed by atoms with Crippen LogP contribution < -0.4 is 5.32 Å². The average Bonchev–Trinajstić information content (AvgIpc) is 2.44. The van der Waals surface area contributed by atoms with Gasteiger partial charge < -0.3 is 5.32 Å². The lowest BCUT2D eigenvalue weighted by atomic mass is 9.99. The Bertz CT molecular complexity index is 508. The number of carbonyl (C=O) groups excluding carboxylic acids is 1. The highest BCUT2D eigenvalue weighted by Crippen LogP contribution is 2.24. The second kappa shape index (κ2) is 6.90. The molecule has 1 N–H and O–H groups in total. The summed E-state index contributed by atoms with van der Waals surface area (Å²) in [6.45, 7) is 3.43. The largest absolute Gasteiger partial charge is 0.344 e. The maximum absolute atomic E-state index is 12.3. The highest BCUT2D eigenvalue weighted by Gasteiger charge is 2.31. The van der Waals surface area contributed by atoms with Crippen molar-refractivity contribution in [1.82, 2.24) is 5.32 Å². The SMILES string of the molecule is CCC(CCl)(CCl)NC(=O)c1cccc(C)c1[N+](=O)[O-]. The van der Waals surface area contributed by atoms with Gasteiger partial charge in [0, 0.05) is 17.3 Å². The number of halogens is 2. The first-order valence-corrected chi connectivity index (χ1v) is 7.16. The van der Waals surface area contributed by atoms with E-state index in [1.807, 2.05) is 6.92 Å². The summed E-state index contributed by atoms with van der Waals surface area (Å²) < 4.78 is 0. The molecule has 0 atom stereocenters. The van der Waals surface area contributed by atoms with Gasteiger partial charge in [-0.1, -0.05) is 19.1 Å². The number of rotatable bonds is 6. The molecule has 110 valence electrons. The van der Waals surface area contributed by atoms with Crippen LogP contribution in [0.25, 0.3) is 0 Å². The van der Waals surface area contributed by atoms with E-state index >= 15 is 0 Å². The van der Waals surface area contributed by atoms with Gasteiger partial charge in [-0.15, -0.1) is 23.2 Å². The van der Waals surface area contributed by atoms with Crippen LogP contribution in [0.1, 0.15) is 29.3 Å². The second-order valence-corrected chi connectivity index (χ2v) is 5.12. The van der Waals surface area contributed by atoms with Crippen molar-refractivity contribution in [2.24, 2.45) is 0 Å². The van der Waals surface area contributed by atoms with E-state index in [2.05, 4.69) is 5.32 Å². The molecule has 0 aliphatic carbocycles. The third-order valence-electron chi connectivity index (χ3n) is 3.23. The minimum atomic E-state index is -0.766. The van der Waals surface area contributed by atoms with E-state index in [9.17, 15) is 14.9 Å². The van der Waals surface area contributed by atoms with E-state index in [-0.39, 0.29) is 23.0 Å². The normalized spacial score (nSPS) is 11.2.